The van der Waals surface area contributed by atoms with E-state index in [0.717, 1.165) is 18.6 Å². The molecule has 1 nitrogen and oxygen atoms in total. The zero-order chi connectivity index (χ0) is 6.85. The van der Waals surface area contributed by atoms with Crippen LogP contribution in [0.2, 0.25) is 0 Å². The molecule has 2 radical (unpaired) electrons. The fraction of sp³-hybridized carbons (Fsp3) is 0.714. The van der Waals surface area contributed by atoms with E-state index >= 15 is 0 Å². The summed E-state index contributed by atoms with van der Waals surface area (Å²) in [6.07, 6.45) is 3.20. The van der Waals surface area contributed by atoms with Crippen molar-refractivity contribution in [2.24, 2.45) is 0 Å². The van der Waals surface area contributed by atoms with Crippen LogP contribution in [0.4, 0.5) is 0 Å². The van der Waals surface area contributed by atoms with E-state index in [2.05, 4.69) is 24.8 Å². The smallest absolute Gasteiger partial charge is 0.137 e. The Morgan fingerprint density at radius 1 is 1.67 bits per heavy atom. The first-order valence-electron chi connectivity index (χ1n) is 3.44. The van der Waals surface area contributed by atoms with Gasteiger partial charge in [0.1, 0.15) is 7.85 Å². The van der Waals surface area contributed by atoms with Crippen LogP contribution >= 0.6 is 0 Å². The average molecular weight is 121 g/mol. The average Bonchev–Trinajstić information content (AvgIpc) is 2.13. The molecule has 0 atom stereocenters. The monoisotopic (exact) mass is 121 g/mol. The van der Waals surface area contributed by atoms with Gasteiger partial charge >= 0.3 is 0 Å². The molecule has 0 spiro atoms. The molecule has 0 fully saturated rings. The number of hydrogen-bond donors (Lipinski definition) is 0. The molecule has 9 heavy (non-hydrogen) atoms. The maximum Gasteiger partial charge on any atom is 0.137 e. The van der Waals surface area contributed by atoms with Crippen LogP contribution in [-0.2, 0) is 0 Å². The quantitative estimate of drug-likeness (QED) is 0.469. The molecule has 0 aromatic rings. The van der Waals surface area contributed by atoms with E-state index in [9.17, 15) is 0 Å². The summed E-state index contributed by atoms with van der Waals surface area (Å²) in [5.74, 6) is 0. The highest BCUT2D eigenvalue weighted by Crippen LogP contribution is 2.13. The normalized spacial score (nSPS) is 19.0. The predicted molar refractivity (Wildman–Crippen MR) is 40.3 cm³/mol. The van der Waals surface area contributed by atoms with E-state index in [4.69, 9.17) is 7.85 Å². The van der Waals surface area contributed by atoms with E-state index in [1.165, 1.54) is 0 Å². The van der Waals surface area contributed by atoms with E-state index in [0.29, 0.717) is 6.04 Å². The van der Waals surface area contributed by atoms with Gasteiger partial charge in [0, 0.05) is 12.6 Å². The highest BCUT2D eigenvalue weighted by atomic mass is 15.2. The van der Waals surface area contributed by atoms with Crippen molar-refractivity contribution in [3.8, 4) is 0 Å². The summed E-state index contributed by atoms with van der Waals surface area (Å²) in [4.78, 5) is 2.21. The Morgan fingerprint density at radius 3 is 2.56 bits per heavy atom. The molecule has 0 saturated heterocycles. The standard InChI is InChI=1S/C7H12BN/c1-6(2)9-5-3-4-7(9)8/h4,6H,3,5H2,1-2H3. The Balaban J connectivity index is 2.53. The van der Waals surface area contributed by atoms with Gasteiger partial charge < -0.3 is 4.90 Å². The maximum atomic E-state index is 5.67. The summed E-state index contributed by atoms with van der Waals surface area (Å²) in [7, 11) is 5.67. The molecule has 1 aliphatic rings. The van der Waals surface area contributed by atoms with Gasteiger partial charge in [-0.25, -0.2) is 0 Å². The first kappa shape index (κ1) is 6.72. The molecule has 0 N–H and O–H groups in total. The highest BCUT2D eigenvalue weighted by Gasteiger charge is 2.12. The highest BCUT2D eigenvalue weighted by molar-refractivity contribution is 6.21. The minimum absolute atomic E-state index is 0.559. The van der Waals surface area contributed by atoms with Crippen molar-refractivity contribution in [1.82, 2.24) is 4.90 Å². The Labute approximate surface area is 58.1 Å². The molecular weight excluding hydrogens is 109 g/mol. The third kappa shape index (κ3) is 1.29. The molecular formula is C7H12BN. The number of rotatable bonds is 1. The second-order valence-corrected chi connectivity index (χ2v) is 2.70. The van der Waals surface area contributed by atoms with Crippen LogP contribution in [0.15, 0.2) is 11.7 Å². The molecule has 48 valence electrons. The summed E-state index contributed by atoms with van der Waals surface area (Å²) >= 11 is 0. The van der Waals surface area contributed by atoms with Gasteiger partial charge in [0.15, 0.2) is 0 Å². The Bertz CT molecular complexity index is 129. The van der Waals surface area contributed by atoms with Gasteiger partial charge in [0.2, 0.25) is 0 Å². The van der Waals surface area contributed by atoms with Crippen LogP contribution in [0.5, 0.6) is 0 Å². The topological polar surface area (TPSA) is 3.24 Å². The molecule has 1 heterocycles. The minimum atomic E-state index is 0.559. The van der Waals surface area contributed by atoms with Crippen molar-refractivity contribution in [3.63, 3.8) is 0 Å². The lowest BCUT2D eigenvalue weighted by molar-refractivity contribution is 0.327. The van der Waals surface area contributed by atoms with Crippen LogP contribution in [0.25, 0.3) is 0 Å². The van der Waals surface area contributed by atoms with Gasteiger partial charge in [-0.2, -0.15) is 0 Å². The van der Waals surface area contributed by atoms with Crippen LogP contribution in [0, 0.1) is 0 Å². The van der Waals surface area contributed by atoms with Gasteiger partial charge in [-0.1, -0.05) is 6.08 Å². The van der Waals surface area contributed by atoms with Gasteiger partial charge in [0.05, 0.1) is 0 Å². The van der Waals surface area contributed by atoms with Crippen molar-refractivity contribution < 1.29 is 0 Å². The summed E-state index contributed by atoms with van der Waals surface area (Å²) < 4.78 is 0. The largest absolute Gasteiger partial charge is 0.382 e. The first-order valence-corrected chi connectivity index (χ1v) is 3.44. The van der Waals surface area contributed by atoms with Crippen molar-refractivity contribution in [2.45, 2.75) is 26.3 Å². The van der Waals surface area contributed by atoms with Crippen molar-refractivity contribution in [2.75, 3.05) is 6.54 Å². The van der Waals surface area contributed by atoms with Gasteiger partial charge in [0.25, 0.3) is 0 Å². The maximum absolute atomic E-state index is 5.67. The van der Waals surface area contributed by atoms with Crippen molar-refractivity contribution >= 4 is 7.85 Å². The third-order valence-electron chi connectivity index (χ3n) is 1.68. The van der Waals surface area contributed by atoms with Gasteiger partial charge in [-0.05, 0) is 25.9 Å². The van der Waals surface area contributed by atoms with E-state index in [1.54, 1.807) is 0 Å². The lowest BCUT2D eigenvalue weighted by Crippen LogP contribution is -2.27. The van der Waals surface area contributed by atoms with E-state index in [1.807, 2.05) is 0 Å². The number of nitrogens with zero attached hydrogens (tertiary/aromatic N) is 1. The van der Waals surface area contributed by atoms with Crippen LogP contribution < -0.4 is 0 Å². The zero-order valence-corrected chi connectivity index (χ0v) is 6.09. The molecule has 1 aliphatic heterocycles. The van der Waals surface area contributed by atoms with Crippen molar-refractivity contribution in [1.29, 1.82) is 0 Å². The summed E-state index contributed by atoms with van der Waals surface area (Å²) in [6.45, 7) is 5.42. The molecule has 0 unspecified atom stereocenters. The van der Waals surface area contributed by atoms with E-state index in [-0.39, 0.29) is 0 Å². The second kappa shape index (κ2) is 2.46. The van der Waals surface area contributed by atoms with E-state index < -0.39 is 0 Å². The Hall–Kier alpha value is -0.395. The molecule has 0 aliphatic carbocycles. The molecule has 0 saturated carbocycles. The van der Waals surface area contributed by atoms with Gasteiger partial charge in [-0.15, -0.1) is 0 Å². The fourth-order valence-electron chi connectivity index (χ4n) is 1.15. The molecule has 2 heteroatoms. The van der Waals surface area contributed by atoms with Crippen LogP contribution in [0.3, 0.4) is 0 Å². The summed E-state index contributed by atoms with van der Waals surface area (Å²) in [5, 5.41) is 0. The van der Waals surface area contributed by atoms with Crippen LogP contribution in [-0.4, -0.2) is 25.3 Å². The van der Waals surface area contributed by atoms with Gasteiger partial charge in [-0.3, -0.25) is 0 Å². The Morgan fingerprint density at radius 2 is 2.33 bits per heavy atom. The molecule has 1 rings (SSSR count). The minimum Gasteiger partial charge on any atom is -0.382 e. The molecule has 0 amide bonds. The van der Waals surface area contributed by atoms with Crippen LogP contribution in [0.1, 0.15) is 20.3 Å². The lowest BCUT2D eigenvalue weighted by atomic mass is 10.0. The summed E-state index contributed by atoms with van der Waals surface area (Å²) in [6, 6.07) is 0.559. The predicted octanol–water partition coefficient (Wildman–Crippen LogP) is 1.11. The van der Waals surface area contributed by atoms with Crippen molar-refractivity contribution in [3.05, 3.63) is 11.7 Å². The second-order valence-electron chi connectivity index (χ2n) is 2.70. The zero-order valence-electron chi connectivity index (χ0n) is 6.09. The fourth-order valence-corrected chi connectivity index (χ4v) is 1.15. The SMILES string of the molecule is [B]C1=CCCN1C(C)C. The lowest BCUT2D eigenvalue weighted by Gasteiger charge is -2.24. The number of hydrogen-bond acceptors (Lipinski definition) is 1. The molecule has 0 aromatic carbocycles. The molecule has 0 aromatic heterocycles. The Kier molecular flexibility index (Phi) is 1.84. The summed E-state index contributed by atoms with van der Waals surface area (Å²) in [5.41, 5.74) is 0.949. The third-order valence-corrected chi connectivity index (χ3v) is 1.68. The first-order chi connectivity index (χ1) is 4.22. The molecule has 0 bridgehead atoms.